The van der Waals surface area contributed by atoms with Gasteiger partial charge < -0.3 is 0 Å². The number of rotatable bonds is 0. The first-order chi connectivity index (χ1) is 14.9. The van der Waals surface area contributed by atoms with E-state index in [1.807, 2.05) is 0 Å². The van der Waals surface area contributed by atoms with Crippen LogP contribution >= 0.6 is 0 Å². The summed E-state index contributed by atoms with van der Waals surface area (Å²) in [7, 11) is 0. The van der Waals surface area contributed by atoms with Crippen LogP contribution in [0.5, 0.6) is 0 Å². The molecule has 0 atom stereocenters. The Bertz CT molecular complexity index is 1590. The number of nitrogens with zero attached hydrogens (tertiary/aromatic N) is 2. The van der Waals surface area contributed by atoms with Crippen LogP contribution in [0.25, 0.3) is 64.9 Å². The van der Waals surface area contributed by atoms with Gasteiger partial charge in [0.05, 0.1) is 0 Å². The Labute approximate surface area is 172 Å². The highest BCUT2D eigenvalue weighted by molar-refractivity contribution is 6.37. The van der Waals surface area contributed by atoms with Crippen LogP contribution in [0.15, 0.2) is 97.1 Å². The van der Waals surface area contributed by atoms with E-state index in [1.165, 1.54) is 43.1 Å². The molecule has 0 aliphatic carbocycles. The molecule has 1 aromatic heterocycles. The zero-order valence-corrected chi connectivity index (χ0v) is 16.1. The van der Waals surface area contributed by atoms with Crippen molar-refractivity contribution in [1.82, 2.24) is 10.2 Å². The summed E-state index contributed by atoms with van der Waals surface area (Å²) in [5.41, 5.74) is 1.94. The van der Waals surface area contributed by atoms with E-state index in [-0.39, 0.29) is 0 Å². The Morgan fingerprint density at radius 1 is 0.300 bits per heavy atom. The van der Waals surface area contributed by atoms with Crippen LogP contribution in [-0.4, -0.2) is 10.2 Å². The van der Waals surface area contributed by atoms with E-state index in [4.69, 9.17) is 10.2 Å². The second-order valence-electron chi connectivity index (χ2n) is 7.83. The quantitative estimate of drug-likeness (QED) is 0.256. The molecule has 0 bridgehead atoms. The van der Waals surface area contributed by atoms with Gasteiger partial charge in [-0.15, -0.1) is 10.2 Å². The van der Waals surface area contributed by atoms with Crippen molar-refractivity contribution in [3.05, 3.63) is 97.1 Å². The molecule has 0 aliphatic heterocycles. The zero-order valence-electron chi connectivity index (χ0n) is 16.1. The molecule has 7 aromatic rings. The average molecular weight is 380 g/mol. The summed E-state index contributed by atoms with van der Waals surface area (Å²) in [5, 5.41) is 21.7. The molecule has 0 unspecified atom stereocenters. The first kappa shape index (κ1) is 15.8. The highest BCUT2D eigenvalue weighted by Crippen LogP contribution is 2.42. The average Bonchev–Trinajstić information content (AvgIpc) is 2.84. The normalized spacial score (nSPS) is 12.0. The maximum atomic E-state index is 4.79. The van der Waals surface area contributed by atoms with Crippen LogP contribution in [0, 0.1) is 0 Å². The molecule has 0 spiro atoms. The molecule has 2 heteroatoms. The molecule has 0 radical (unpaired) electrons. The van der Waals surface area contributed by atoms with Gasteiger partial charge in [-0.1, -0.05) is 97.1 Å². The predicted octanol–water partition coefficient (Wildman–Crippen LogP) is 7.40. The van der Waals surface area contributed by atoms with Crippen molar-refractivity contribution in [2.75, 3.05) is 0 Å². The van der Waals surface area contributed by atoms with E-state index in [2.05, 4.69) is 97.1 Å². The van der Waals surface area contributed by atoms with Gasteiger partial charge in [0.15, 0.2) is 0 Å². The molecule has 2 nitrogen and oxygen atoms in total. The Kier molecular flexibility index (Phi) is 3.03. The molecule has 0 saturated carbocycles. The number of fused-ring (bicyclic) bond motifs is 13. The summed E-state index contributed by atoms with van der Waals surface area (Å²) in [5.74, 6) is 0. The molecule has 138 valence electrons. The summed E-state index contributed by atoms with van der Waals surface area (Å²) >= 11 is 0. The van der Waals surface area contributed by atoms with E-state index >= 15 is 0 Å². The van der Waals surface area contributed by atoms with Gasteiger partial charge in [-0.25, -0.2) is 0 Å². The summed E-state index contributed by atoms with van der Waals surface area (Å²) < 4.78 is 0. The Balaban J connectivity index is 1.93. The number of hydrogen-bond donors (Lipinski definition) is 0. The van der Waals surface area contributed by atoms with E-state index in [1.54, 1.807) is 0 Å². The lowest BCUT2D eigenvalue weighted by atomic mass is 9.91. The second kappa shape index (κ2) is 5.74. The molecule has 0 amide bonds. The third-order valence-corrected chi connectivity index (χ3v) is 6.31. The van der Waals surface area contributed by atoms with Gasteiger partial charge in [-0.05, 0) is 32.3 Å². The summed E-state index contributed by atoms with van der Waals surface area (Å²) in [6, 6.07) is 34.4. The smallest absolute Gasteiger partial charge is 0.102 e. The monoisotopic (exact) mass is 380 g/mol. The first-order valence-electron chi connectivity index (χ1n) is 10.2. The lowest BCUT2D eigenvalue weighted by molar-refractivity contribution is 1.13. The van der Waals surface area contributed by atoms with Crippen molar-refractivity contribution in [2.24, 2.45) is 0 Å². The molecular weight excluding hydrogens is 364 g/mol. The first-order valence-corrected chi connectivity index (χ1v) is 10.2. The van der Waals surface area contributed by atoms with E-state index < -0.39 is 0 Å². The van der Waals surface area contributed by atoms with Gasteiger partial charge in [-0.2, -0.15) is 0 Å². The number of aromatic nitrogens is 2. The van der Waals surface area contributed by atoms with Crippen LogP contribution in [0.2, 0.25) is 0 Å². The van der Waals surface area contributed by atoms with Gasteiger partial charge in [-0.3, -0.25) is 0 Å². The minimum atomic E-state index is 0.970. The number of benzene rings is 6. The highest BCUT2D eigenvalue weighted by Gasteiger charge is 2.17. The fraction of sp³-hybridized carbons (Fsp3) is 0. The third-order valence-electron chi connectivity index (χ3n) is 6.31. The molecule has 7 rings (SSSR count). The topological polar surface area (TPSA) is 25.8 Å². The molecule has 30 heavy (non-hydrogen) atoms. The minimum absolute atomic E-state index is 0.970. The maximum Gasteiger partial charge on any atom is 0.102 e. The van der Waals surface area contributed by atoms with Gasteiger partial charge in [0, 0.05) is 21.5 Å². The van der Waals surface area contributed by atoms with Crippen molar-refractivity contribution < 1.29 is 0 Å². The largest absolute Gasteiger partial charge is 0.149 e. The van der Waals surface area contributed by atoms with Crippen LogP contribution in [-0.2, 0) is 0 Å². The molecule has 6 aromatic carbocycles. The fourth-order valence-corrected chi connectivity index (χ4v) is 5.06. The maximum absolute atomic E-state index is 4.79. The van der Waals surface area contributed by atoms with Crippen molar-refractivity contribution in [3.63, 3.8) is 0 Å². The van der Waals surface area contributed by atoms with Crippen LogP contribution < -0.4 is 0 Å². The Morgan fingerprint density at radius 3 is 0.933 bits per heavy atom. The van der Waals surface area contributed by atoms with Crippen molar-refractivity contribution in [1.29, 1.82) is 0 Å². The molecule has 0 fully saturated rings. The van der Waals surface area contributed by atoms with Crippen molar-refractivity contribution >= 4 is 64.9 Å². The van der Waals surface area contributed by atoms with E-state index in [0.717, 1.165) is 21.8 Å². The Morgan fingerprint density at radius 2 is 0.567 bits per heavy atom. The molecule has 0 saturated heterocycles. The Hall–Kier alpha value is -4.04. The van der Waals surface area contributed by atoms with Gasteiger partial charge in [0.1, 0.15) is 11.0 Å². The molecule has 0 aliphatic rings. The molecule has 0 N–H and O–H groups in total. The standard InChI is InChI=1S/C28H16N2/c1-5-13-21-17(9-1)19-11-3-7-15-23(19)27-25(21)26-22-14-6-2-10-18(22)20-12-4-8-16-24(20)28(26)30-29-27/h1-16H. The summed E-state index contributed by atoms with van der Waals surface area (Å²) in [4.78, 5) is 0. The van der Waals surface area contributed by atoms with Crippen LogP contribution in [0.4, 0.5) is 0 Å². The lowest BCUT2D eigenvalue weighted by Gasteiger charge is -2.14. The molecular formula is C28H16N2. The van der Waals surface area contributed by atoms with Gasteiger partial charge in [0.25, 0.3) is 0 Å². The van der Waals surface area contributed by atoms with Gasteiger partial charge >= 0.3 is 0 Å². The lowest BCUT2D eigenvalue weighted by Crippen LogP contribution is -1.93. The SMILES string of the molecule is c1ccc2c(c1)c1ccccc1c1c2nnc2c3ccccc3c3ccccc3c21. The minimum Gasteiger partial charge on any atom is -0.149 e. The summed E-state index contributed by atoms with van der Waals surface area (Å²) in [6.07, 6.45) is 0. The van der Waals surface area contributed by atoms with E-state index in [0.29, 0.717) is 0 Å². The van der Waals surface area contributed by atoms with Crippen molar-refractivity contribution in [2.45, 2.75) is 0 Å². The second-order valence-corrected chi connectivity index (χ2v) is 7.83. The summed E-state index contributed by atoms with van der Waals surface area (Å²) in [6.45, 7) is 0. The van der Waals surface area contributed by atoms with Crippen LogP contribution in [0.1, 0.15) is 0 Å². The van der Waals surface area contributed by atoms with Crippen molar-refractivity contribution in [3.8, 4) is 0 Å². The highest BCUT2D eigenvalue weighted by atomic mass is 15.1. The molecule has 1 heterocycles. The van der Waals surface area contributed by atoms with Crippen LogP contribution in [0.3, 0.4) is 0 Å². The van der Waals surface area contributed by atoms with E-state index in [9.17, 15) is 0 Å². The third kappa shape index (κ3) is 1.93. The predicted molar refractivity (Wildman–Crippen MR) is 127 cm³/mol. The number of hydrogen-bond acceptors (Lipinski definition) is 2. The van der Waals surface area contributed by atoms with Gasteiger partial charge in [0.2, 0.25) is 0 Å². The zero-order chi connectivity index (χ0) is 19.7. The fourth-order valence-electron chi connectivity index (χ4n) is 5.06.